The largest absolute Gasteiger partial charge is 0.443 e. The Morgan fingerprint density at radius 2 is 1.96 bits per heavy atom. The molecule has 0 aliphatic heterocycles. The number of pyridine rings is 2. The van der Waals surface area contributed by atoms with E-state index in [4.69, 9.17) is 4.42 Å². The van der Waals surface area contributed by atoms with Gasteiger partial charge < -0.3 is 9.52 Å². The van der Waals surface area contributed by atoms with Crippen molar-refractivity contribution in [1.82, 2.24) is 15.0 Å². The summed E-state index contributed by atoms with van der Waals surface area (Å²) in [7, 11) is 0. The molecule has 6 nitrogen and oxygen atoms in total. The molecule has 1 N–H and O–H groups in total. The SMILES string of the molecule is O=C(Cc1cc2cc(-c3cnco3)cnc2cn1)C1CCC(CO)CC1. The van der Waals surface area contributed by atoms with Crippen LogP contribution in [0.1, 0.15) is 31.4 Å². The van der Waals surface area contributed by atoms with E-state index in [0.29, 0.717) is 18.1 Å². The van der Waals surface area contributed by atoms with Gasteiger partial charge >= 0.3 is 0 Å². The van der Waals surface area contributed by atoms with E-state index in [1.807, 2.05) is 12.1 Å². The third kappa shape index (κ3) is 3.51. The molecule has 0 radical (unpaired) electrons. The first kappa shape index (κ1) is 16.8. The average molecular weight is 351 g/mol. The number of carbonyl (C=O) groups excluding carboxylic acids is 1. The number of aliphatic hydroxyl groups is 1. The predicted molar refractivity (Wildman–Crippen MR) is 96.3 cm³/mol. The number of rotatable bonds is 5. The summed E-state index contributed by atoms with van der Waals surface area (Å²) in [6.07, 6.45) is 10.4. The van der Waals surface area contributed by atoms with E-state index in [0.717, 1.165) is 47.8 Å². The fraction of sp³-hybridized carbons (Fsp3) is 0.400. The Morgan fingerprint density at radius 1 is 1.12 bits per heavy atom. The van der Waals surface area contributed by atoms with Gasteiger partial charge in [0.2, 0.25) is 0 Å². The van der Waals surface area contributed by atoms with Crippen LogP contribution in [0.5, 0.6) is 0 Å². The highest BCUT2D eigenvalue weighted by atomic mass is 16.3. The molecule has 0 spiro atoms. The van der Waals surface area contributed by atoms with Crippen molar-refractivity contribution in [2.24, 2.45) is 11.8 Å². The summed E-state index contributed by atoms with van der Waals surface area (Å²) in [5.74, 6) is 1.36. The first-order valence-electron chi connectivity index (χ1n) is 9.00. The highest BCUT2D eigenvalue weighted by Gasteiger charge is 2.26. The number of nitrogens with zero attached hydrogens (tertiary/aromatic N) is 3. The number of fused-ring (bicyclic) bond motifs is 1. The molecule has 6 heteroatoms. The minimum absolute atomic E-state index is 0.0916. The molecule has 1 aliphatic carbocycles. The minimum atomic E-state index is 0.0916. The van der Waals surface area contributed by atoms with Crippen molar-refractivity contribution in [2.75, 3.05) is 6.61 Å². The molecule has 26 heavy (non-hydrogen) atoms. The molecule has 1 aliphatic rings. The molecular formula is C20H21N3O3. The molecule has 3 aromatic heterocycles. The Hall–Kier alpha value is -2.60. The number of hydrogen-bond acceptors (Lipinski definition) is 6. The number of hydrogen-bond donors (Lipinski definition) is 1. The number of aromatic nitrogens is 3. The maximum absolute atomic E-state index is 12.6. The van der Waals surface area contributed by atoms with Crippen molar-refractivity contribution >= 4 is 16.7 Å². The summed E-state index contributed by atoms with van der Waals surface area (Å²) in [5, 5.41) is 10.2. The van der Waals surface area contributed by atoms with E-state index < -0.39 is 0 Å². The van der Waals surface area contributed by atoms with Crippen LogP contribution in [0.3, 0.4) is 0 Å². The first-order valence-corrected chi connectivity index (χ1v) is 9.00. The third-order valence-corrected chi connectivity index (χ3v) is 5.26. The number of Topliss-reactive ketones (excluding diaryl/α,β-unsaturated/α-hetero) is 1. The quantitative estimate of drug-likeness (QED) is 0.759. The third-order valence-electron chi connectivity index (χ3n) is 5.26. The second kappa shape index (κ2) is 7.33. The Morgan fingerprint density at radius 3 is 2.69 bits per heavy atom. The van der Waals surface area contributed by atoms with Gasteiger partial charge in [0.15, 0.2) is 12.2 Å². The molecule has 4 rings (SSSR count). The molecule has 1 fully saturated rings. The Labute approximate surface area is 151 Å². The molecule has 0 aromatic carbocycles. The highest BCUT2D eigenvalue weighted by molar-refractivity contribution is 5.86. The van der Waals surface area contributed by atoms with Crippen molar-refractivity contribution in [3.63, 3.8) is 0 Å². The first-order chi connectivity index (χ1) is 12.7. The summed E-state index contributed by atoms with van der Waals surface area (Å²) in [4.78, 5) is 25.4. The average Bonchev–Trinajstić information content (AvgIpc) is 3.22. The van der Waals surface area contributed by atoms with E-state index in [-0.39, 0.29) is 18.3 Å². The summed E-state index contributed by atoms with van der Waals surface area (Å²) in [5.41, 5.74) is 2.40. The van der Waals surface area contributed by atoms with Gasteiger partial charge in [-0.2, -0.15) is 0 Å². The van der Waals surface area contributed by atoms with Gasteiger partial charge in [-0.25, -0.2) is 4.98 Å². The number of aliphatic hydroxyl groups excluding tert-OH is 1. The lowest BCUT2D eigenvalue weighted by Gasteiger charge is -2.26. The molecule has 1 saturated carbocycles. The van der Waals surface area contributed by atoms with Gasteiger partial charge in [0, 0.05) is 41.8 Å². The normalized spacial score (nSPS) is 20.3. The van der Waals surface area contributed by atoms with Crippen LogP contribution in [-0.4, -0.2) is 32.4 Å². The summed E-state index contributed by atoms with van der Waals surface area (Å²) in [6, 6.07) is 3.91. The zero-order valence-electron chi connectivity index (χ0n) is 14.5. The van der Waals surface area contributed by atoms with Crippen LogP contribution in [0, 0.1) is 11.8 Å². The molecule has 3 aromatic rings. The van der Waals surface area contributed by atoms with Crippen LogP contribution >= 0.6 is 0 Å². The van der Waals surface area contributed by atoms with Crippen LogP contribution in [-0.2, 0) is 11.2 Å². The minimum Gasteiger partial charge on any atom is -0.443 e. The van der Waals surface area contributed by atoms with Crippen LogP contribution in [0.2, 0.25) is 0 Å². The number of ketones is 1. The lowest BCUT2D eigenvalue weighted by Crippen LogP contribution is -2.24. The van der Waals surface area contributed by atoms with E-state index in [1.54, 1.807) is 18.6 Å². The smallest absolute Gasteiger partial charge is 0.181 e. The van der Waals surface area contributed by atoms with E-state index >= 15 is 0 Å². The molecule has 0 atom stereocenters. The van der Waals surface area contributed by atoms with Crippen LogP contribution in [0.25, 0.3) is 22.2 Å². The van der Waals surface area contributed by atoms with Crippen molar-refractivity contribution in [1.29, 1.82) is 0 Å². The van der Waals surface area contributed by atoms with Gasteiger partial charge in [0.25, 0.3) is 0 Å². The van der Waals surface area contributed by atoms with Crippen molar-refractivity contribution < 1.29 is 14.3 Å². The van der Waals surface area contributed by atoms with Crippen molar-refractivity contribution in [3.05, 3.63) is 42.8 Å². The Kier molecular flexibility index (Phi) is 4.75. The van der Waals surface area contributed by atoms with Gasteiger partial charge in [0.05, 0.1) is 17.9 Å². The zero-order valence-corrected chi connectivity index (χ0v) is 14.5. The number of oxazole rings is 1. The molecule has 0 amide bonds. The molecule has 0 saturated heterocycles. The number of carbonyl (C=O) groups is 1. The molecule has 0 bridgehead atoms. The van der Waals surface area contributed by atoms with Gasteiger partial charge in [-0.1, -0.05) is 0 Å². The fourth-order valence-corrected chi connectivity index (χ4v) is 3.66. The highest BCUT2D eigenvalue weighted by Crippen LogP contribution is 2.30. The second-order valence-electron chi connectivity index (χ2n) is 7.00. The fourth-order valence-electron chi connectivity index (χ4n) is 3.66. The Balaban J connectivity index is 1.50. The van der Waals surface area contributed by atoms with Gasteiger partial charge in [-0.05, 0) is 43.7 Å². The molecule has 0 unspecified atom stereocenters. The lowest BCUT2D eigenvalue weighted by atomic mass is 9.79. The summed E-state index contributed by atoms with van der Waals surface area (Å²) in [6.45, 7) is 0.230. The molecule has 3 heterocycles. The standard InChI is InChI=1S/C20H21N3O3/c24-11-13-1-3-14(4-2-13)19(25)7-17-6-15-5-16(20-10-21-12-26-20)8-23-18(15)9-22-17/h5-6,8-10,12-14,24H,1-4,7,11H2. The zero-order chi connectivity index (χ0) is 17.9. The van der Waals surface area contributed by atoms with Crippen LogP contribution in [0.15, 0.2) is 41.5 Å². The second-order valence-corrected chi connectivity index (χ2v) is 7.00. The van der Waals surface area contributed by atoms with E-state index in [2.05, 4.69) is 15.0 Å². The van der Waals surface area contributed by atoms with Crippen molar-refractivity contribution in [3.8, 4) is 11.3 Å². The summed E-state index contributed by atoms with van der Waals surface area (Å²) >= 11 is 0. The van der Waals surface area contributed by atoms with Gasteiger partial charge in [0.1, 0.15) is 5.78 Å². The van der Waals surface area contributed by atoms with Crippen LogP contribution in [0.4, 0.5) is 0 Å². The van der Waals surface area contributed by atoms with Gasteiger partial charge in [-0.3, -0.25) is 14.8 Å². The van der Waals surface area contributed by atoms with Crippen molar-refractivity contribution in [2.45, 2.75) is 32.1 Å². The van der Waals surface area contributed by atoms with E-state index in [1.165, 1.54) is 6.39 Å². The maximum Gasteiger partial charge on any atom is 0.181 e. The lowest BCUT2D eigenvalue weighted by molar-refractivity contribution is -0.123. The maximum atomic E-state index is 12.6. The monoisotopic (exact) mass is 351 g/mol. The molecular weight excluding hydrogens is 330 g/mol. The van der Waals surface area contributed by atoms with Gasteiger partial charge in [-0.15, -0.1) is 0 Å². The predicted octanol–water partition coefficient (Wildman–Crippen LogP) is 3.20. The topological polar surface area (TPSA) is 89.1 Å². The molecule has 134 valence electrons. The summed E-state index contributed by atoms with van der Waals surface area (Å²) < 4.78 is 5.32. The Bertz CT molecular complexity index is 900. The van der Waals surface area contributed by atoms with Crippen LogP contribution < -0.4 is 0 Å². The van der Waals surface area contributed by atoms with E-state index in [9.17, 15) is 9.90 Å².